The first-order chi connectivity index (χ1) is 10.8. The van der Waals surface area contributed by atoms with Crippen LogP contribution in [-0.2, 0) is 5.60 Å². The minimum Gasteiger partial charge on any atom is -0.508 e. The number of phenols is 3. The van der Waals surface area contributed by atoms with E-state index in [2.05, 4.69) is 0 Å². The highest BCUT2D eigenvalue weighted by atomic mass is 16.3. The number of aliphatic hydroxyl groups is 1. The number of para-hydroxylation sites is 1. The third kappa shape index (κ3) is 3.93. The van der Waals surface area contributed by atoms with Crippen molar-refractivity contribution in [3.05, 3.63) is 66.2 Å². The average Bonchev–Trinajstić information content (AvgIpc) is 2.47. The molecule has 0 amide bonds. The summed E-state index contributed by atoms with van der Waals surface area (Å²) < 4.78 is 0. The summed E-state index contributed by atoms with van der Waals surface area (Å²) in [4.78, 5) is 0. The fourth-order valence-corrected chi connectivity index (χ4v) is 2.29. The molecule has 0 aliphatic carbocycles. The number of fused-ring (bicyclic) bond motifs is 1. The Kier molecular flexibility index (Phi) is 4.77. The molecular formula is C19H20O4. The van der Waals surface area contributed by atoms with Crippen LogP contribution in [0.1, 0.15) is 19.4 Å². The Bertz CT molecular complexity index is 767. The fraction of sp³-hybridized carbons (Fsp3) is 0.158. The monoisotopic (exact) mass is 312 g/mol. The van der Waals surface area contributed by atoms with Crippen LogP contribution in [0.3, 0.4) is 0 Å². The minimum absolute atomic E-state index is 0.116. The van der Waals surface area contributed by atoms with Gasteiger partial charge in [-0.15, -0.1) is 0 Å². The standard InChI is InChI=1S/C10H8O2.C9H12O2/c11-8-5-1-3-7-4-2-6-9(12)10(7)8;1-9(2,11)7-5-3-4-6-8(7)10/h1-6,11-12H;3-6,10-11H,1-2H3. The van der Waals surface area contributed by atoms with Gasteiger partial charge >= 0.3 is 0 Å². The molecule has 0 saturated heterocycles. The summed E-state index contributed by atoms with van der Waals surface area (Å²) in [7, 11) is 0. The van der Waals surface area contributed by atoms with Gasteiger partial charge in [0.2, 0.25) is 0 Å². The van der Waals surface area contributed by atoms with E-state index in [-0.39, 0.29) is 17.2 Å². The Morgan fingerprint density at radius 2 is 1.13 bits per heavy atom. The molecule has 0 bridgehead atoms. The van der Waals surface area contributed by atoms with E-state index in [1.165, 1.54) is 0 Å². The molecule has 0 spiro atoms. The number of phenolic OH excluding ortho intramolecular Hbond substituents is 3. The molecule has 120 valence electrons. The first-order valence-electron chi connectivity index (χ1n) is 7.21. The molecule has 0 radical (unpaired) electrons. The zero-order valence-electron chi connectivity index (χ0n) is 13.1. The lowest BCUT2D eigenvalue weighted by Gasteiger charge is -2.18. The number of rotatable bonds is 1. The molecule has 0 aromatic heterocycles. The van der Waals surface area contributed by atoms with E-state index in [1.54, 1.807) is 62.4 Å². The van der Waals surface area contributed by atoms with Gasteiger partial charge in [-0.05, 0) is 37.4 Å². The maximum Gasteiger partial charge on any atom is 0.127 e. The van der Waals surface area contributed by atoms with Crippen LogP contribution in [0.4, 0.5) is 0 Å². The van der Waals surface area contributed by atoms with Crippen molar-refractivity contribution in [3.8, 4) is 17.2 Å². The Balaban J connectivity index is 0.000000168. The van der Waals surface area contributed by atoms with Crippen LogP contribution in [0.5, 0.6) is 17.2 Å². The van der Waals surface area contributed by atoms with Gasteiger partial charge in [0.1, 0.15) is 17.2 Å². The lowest BCUT2D eigenvalue weighted by atomic mass is 9.98. The summed E-state index contributed by atoms with van der Waals surface area (Å²) in [6.45, 7) is 3.28. The number of aromatic hydroxyl groups is 3. The van der Waals surface area contributed by atoms with Crippen LogP contribution < -0.4 is 0 Å². The first-order valence-corrected chi connectivity index (χ1v) is 7.21. The third-order valence-electron chi connectivity index (χ3n) is 3.42. The van der Waals surface area contributed by atoms with Crippen LogP contribution in [0.15, 0.2) is 60.7 Å². The van der Waals surface area contributed by atoms with E-state index in [4.69, 9.17) is 0 Å². The van der Waals surface area contributed by atoms with E-state index in [1.807, 2.05) is 12.1 Å². The molecular weight excluding hydrogens is 292 g/mol. The molecule has 4 heteroatoms. The van der Waals surface area contributed by atoms with Crippen molar-refractivity contribution in [2.45, 2.75) is 19.4 Å². The number of hydrogen-bond acceptors (Lipinski definition) is 4. The summed E-state index contributed by atoms with van der Waals surface area (Å²) >= 11 is 0. The van der Waals surface area contributed by atoms with Gasteiger partial charge in [-0.3, -0.25) is 0 Å². The maximum absolute atomic E-state index is 9.51. The van der Waals surface area contributed by atoms with E-state index in [0.717, 1.165) is 5.39 Å². The molecule has 0 saturated carbocycles. The van der Waals surface area contributed by atoms with Crippen molar-refractivity contribution in [2.24, 2.45) is 0 Å². The fourth-order valence-electron chi connectivity index (χ4n) is 2.29. The molecule has 0 aliphatic heterocycles. The van der Waals surface area contributed by atoms with Crippen LogP contribution in [-0.4, -0.2) is 20.4 Å². The zero-order valence-corrected chi connectivity index (χ0v) is 13.1. The van der Waals surface area contributed by atoms with E-state index >= 15 is 0 Å². The van der Waals surface area contributed by atoms with Gasteiger partial charge in [-0.2, -0.15) is 0 Å². The molecule has 3 rings (SSSR count). The lowest BCUT2D eigenvalue weighted by Crippen LogP contribution is -2.15. The SMILES string of the molecule is CC(C)(O)c1ccccc1O.Oc1cccc2cccc(O)c12. The Hall–Kier alpha value is -2.72. The van der Waals surface area contributed by atoms with Crippen LogP contribution in [0.25, 0.3) is 10.8 Å². The molecule has 0 heterocycles. The zero-order chi connectivity index (χ0) is 17.0. The van der Waals surface area contributed by atoms with E-state index < -0.39 is 5.60 Å². The maximum atomic E-state index is 9.51. The van der Waals surface area contributed by atoms with Gasteiger partial charge in [-0.25, -0.2) is 0 Å². The highest BCUT2D eigenvalue weighted by Gasteiger charge is 2.18. The van der Waals surface area contributed by atoms with E-state index in [9.17, 15) is 20.4 Å². The summed E-state index contributed by atoms with van der Waals surface area (Å²) in [5, 5.41) is 38.9. The summed E-state index contributed by atoms with van der Waals surface area (Å²) in [5.74, 6) is 0.371. The second-order valence-electron chi connectivity index (χ2n) is 5.73. The van der Waals surface area contributed by atoms with Crippen molar-refractivity contribution in [1.29, 1.82) is 0 Å². The predicted octanol–water partition coefficient (Wildman–Crippen LogP) is 3.87. The molecule has 0 aliphatic rings. The van der Waals surface area contributed by atoms with Crippen molar-refractivity contribution >= 4 is 10.8 Å². The second-order valence-corrected chi connectivity index (χ2v) is 5.73. The molecule has 3 aromatic rings. The molecule has 0 unspecified atom stereocenters. The van der Waals surface area contributed by atoms with Crippen LogP contribution >= 0.6 is 0 Å². The van der Waals surface area contributed by atoms with Crippen LogP contribution in [0.2, 0.25) is 0 Å². The summed E-state index contributed by atoms with van der Waals surface area (Å²) in [6.07, 6.45) is 0. The molecule has 0 atom stereocenters. The Labute approximate surface area is 134 Å². The van der Waals surface area contributed by atoms with Crippen molar-refractivity contribution in [3.63, 3.8) is 0 Å². The molecule has 0 fully saturated rings. The lowest BCUT2D eigenvalue weighted by molar-refractivity contribution is 0.0758. The Morgan fingerprint density at radius 3 is 1.52 bits per heavy atom. The van der Waals surface area contributed by atoms with Gasteiger partial charge in [0.25, 0.3) is 0 Å². The smallest absolute Gasteiger partial charge is 0.127 e. The molecule has 4 N–H and O–H groups in total. The number of hydrogen-bond donors (Lipinski definition) is 4. The largest absolute Gasteiger partial charge is 0.508 e. The highest BCUT2D eigenvalue weighted by Crippen LogP contribution is 2.31. The molecule has 4 nitrogen and oxygen atoms in total. The quantitative estimate of drug-likeness (QED) is 0.550. The van der Waals surface area contributed by atoms with Gasteiger partial charge in [-0.1, -0.05) is 42.5 Å². The summed E-state index contributed by atoms with van der Waals surface area (Å²) in [5.41, 5.74) is -0.411. The van der Waals surface area contributed by atoms with Gasteiger partial charge in [0.05, 0.1) is 11.0 Å². The highest BCUT2D eigenvalue weighted by molar-refractivity contribution is 5.93. The van der Waals surface area contributed by atoms with Crippen molar-refractivity contribution in [1.82, 2.24) is 0 Å². The second kappa shape index (κ2) is 6.58. The van der Waals surface area contributed by atoms with Crippen molar-refractivity contribution < 1.29 is 20.4 Å². The molecule has 23 heavy (non-hydrogen) atoms. The van der Waals surface area contributed by atoms with Crippen LogP contribution in [0, 0.1) is 0 Å². The van der Waals surface area contributed by atoms with Gasteiger partial charge in [0, 0.05) is 5.56 Å². The normalized spacial score (nSPS) is 10.9. The average molecular weight is 312 g/mol. The van der Waals surface area contributed by atoms with E-state index in [0.29, 0.717) is 10.9 Å². The minimum atomic E-state index is -0.967. The topological polar surface area (TPSA) is 80.9 Å². The summed E-state index contributed by atoms with van der Waals surface area (Å²) in [6, 6.07) is 17.1. The van der Waals surface area contributed by atoms with Gasteiger partial charge in [0.15, 0.2) is 0 Å². The third-order valence-corrected chi connectivity index (χ3v) is 3.42. The Morgan fingerprint density at radius 1 is 0.652 bits per heavy atom. The molecule has 3 aromatic carbocycles. The number of benzene rings is 3. The van der Waals surface area contributed by atoms with Gasteiger partial charge < -0.3 is 20.4 Å². The van der Waals surface area contributed by atoms with Crippen molar-refractivity contribution in [2.75, 3.05) is 0 Å². The first kappa shape index (κ1) is 16.6. The predicted molar refractivity (Wildman–Crippen MR) is 90.6 cm³/mol.